The molecule has 0 N–H and O–H groups in total. The summed E-state index contributed by atoms with van der Waals surface area (Å²) in [4.78, 5) is 0. The summed E-state index contributed by atoms with van der Waals surface area (Å²) < 4.78 is 6.67. The van der Waals surface area contributed by atoms with Gasteiger partial charge in [-0.1, -0.05) is 67.0 Å². The maximum absolute atomic E-state index is 5.57. The van der Waals surface area contributed by atoms with Crippen LogP contribution in [0.3, 0.4) is 0 Å². The van der Waals surface area contributed by atoms with E-state index in [2.05, 4.69) is 61.0 Å². The number of methoxy groups -OCH3 is 1. The van der Waals surface area contributed by atoms with E-state index in [0.29, 0.717) is 0 Å². The molecular formula is C17H19BrO. The smallest absolute Gasteiger partial charge is 0.123 e. The van der Waals surface area contributed by atoms with Gasteiger partial charge in [-0.05, 0) is 28.7 Å². The van der Waals surface area contributed by atoms with Crippen LogP contribution < -0.4 is 4.74 Å². The summed E-state index contributed by atoms with van der Waals surface area (Å²) in [6.07, 6.45) is 0. The molecule has 0 aliphatic rings. The number of ether oxygens (including phenoxy) is 1. The lowest BCUT2D eigenvalue weighted by Crippen LogP contribution is -2.13. The van der Waals surface area contributed by atoms with Gasteiger partial charge in [0.1, 0.15) is 5.75 Å². The van der Waals surface area contributed by atoms with Crippen molar-refractivity contribution >= 4 is 15.9 Å². The van der Waals surface area contributed by atoms with Crippen molar-refractivity contribution in [1.29, 1.82) is 0 Å². The number of hydrogen-bond acceptors (Lipinski definition) is 1. The lowest BCUT2D eigenvalue weighted by atomic mass is 9.85. The molecule has 0 aliphatic carbocycles. The first-order chi connectivity index (χ1) is 8.93. The maximum Gasteiger partial charge on any atom is 0.123 e. The molecule has 1 nitrogen and oxygen atoms in total. The van der Waals surface area contributed by atoms with Crippen molar-refractivity contribution in [2.45, 2.75) is 26.2 Å². The van der Waals surface area contributed by atoms with Crippen molar-refractivity contribution in [2.75, 3.05) is 7.11 Å². The highest BCUT2D eigenvalue weighted by Gasteiger charge is 2.21. The fourth-order valence-corrected chi connectivity index (χ4v) is 2.72. The van der Waals surface area contributed by atoms with Crippen molar-refractivity contribution in [3.8, 4) is 16.9 Å². The molecule has 19 heavy (non-hydrogen) atoms. The average Bonchev–Trinajstić information content (AvgIpc) is 2.38. The van der Waals surface area contributed by atoms with Gasteiger partial charge in [0.15, 0.2) is 0 Å². The summed E-state index contributed by atoms with van der Waals surface area (Å²) in [7, 11) is 1.73. The molecule has 2 aromatic carbocycles. The first kappa shape index (κ1) is 14.1. The van der Waals surface area contributed by atoms with Crippen molar-refractivity contribution in [1.82, 2.24) is 0 Å². The van der Waals surface area contributed by atoms with E-state index in [1.165, 1.54) is 11.1 Å². The molecule has 0 fully saturated rings. The van der Waals surface area contributed by atoms with E-state index in [4.69, 9.17) is 4.74 Å². The Balaban J connectivity index is 2.61. The van der Waals surface area contributed by atoms with E-state index < -0.39 is 0 Å². The highest BCUT2D eigenvalue weighted by molar-refractivity contribution is 9.10. The lowest BCUT2D eigenvalue weighted by molar-refractivity contribution is 0.397. The van der Waals surface area contributed by atoms with Gasteiger partial charge in [-0.15, -0.1) is 0 Å². The second-order valence-corrected chi connectivity index (χ2v) is 6.50. The molecule has 0 amide bonds. The standard InChI is InChI=1S/C17H19BrO/c1-17(2,3)14-11-15(18)13(10-16(14)19-4)12-8-6-5-7-9-12/h5-11H,1-4H3. The van der Waals surface area contributed by atoms with Gasteiger partial charge in [-0.2, -0.15) is 0 Å². The van der Waals surface area contributed by atoms with Crippen LogP contribution in [0.4, 0.5) is 0 Å². The molecule has 0 bridgehead atoms. The number of benzene rings is 2. The highest BCUT2D eigenvalue weighted by Crippen LogP contribution is 2.39. The quantitative estimate of drug-likeness (QED) is 0.718. The third kappa shape index (κ3) is 3.01. The van der Waals surface area contributed by atoms with Gasteiger partial charge in [-0.25, -0.2) is 0 Å². The summed E-state index contributed by atoms with van der Waals surface area (Å²) in [6.45, 7) is 6.58. The minimum absolute atomic E-state index is 0.0586. The van der Waals surface area contributed by atoms with Crippen LogP contribution in [0.2, 0.25) is 0 Å². The van der Waals surface area contributed by atoms with Crippen molar-refractivity contribution in [3.63, 3.8) is 0 Å². The zero-order chi connectivity index (χ0) is 14.0. The Morgan fingerprint density at radius 2 is 1.63 bits per heavy atom. The van der Waals surface area contributed by atoms with Gasteiger partial charge in [0.05, 0.1) is 7.11 Å². The van der Waals surface area contributed by atoms with E-state index in [1.807, 2.05) is 18.2 Å². The third-order valence-electron chi connectivity index (χ3n) is 3.18. The largest absolute Gasteiger partial charge is 0.496 e. The van der Waals surface area contributed by atoms with Gasteiger partial charge in [0.25, 0.3) is 0 Å². The van der Waals surface area contributed by atoms with Crippen LogP contribution in [0.25, 0.3) is 11.1 Å². The van der Waals surface area contributed by atoms with Crippen LogP contribution in [0.1, 0.15) is 26.3 Å². The van der Waals surface area contributed by atoms with E-state index >= 15 is 0 Å². The normalized spacial score (nSPS) is 11.4. The third-order valence-corrected chi connectivity index (χ3v) is 3.84. The minimum atomic E-state index is 0.0586. The van der Waals surface area contributed by atoms with Crippen LogP contribution in [0, 0.1) is 0 Å². The summed E-state index contributed by atoms with van der Waals surface area (Å²) >= 11 is 3.68. The zero-order valence-corrected chi connectivity index (χ0v) is 13.4. The SMILES string of the molecule is COc1cc(-c2ccccc2)c(Br)cc1C(C)(C)C. The predicted octanol–water partition coefficient (Wildman–Crippen LogP) is 5.42. The molecule has 0 spiro atoms. The maximum atomic E-state index is 5.57. The summed E-state index contributed by atoms with van der Waals surface area (Å²) in [5.41, 5.74) is 3.61. The molecule has 2 aromatic rings. The summed E-state index contributed by atoms with van der Waals surface area (Å²) in [5, 5.41) is 0. The molecule has 2 rings (SSSR count). The van der Waals surface area contributed by atoms with Gasteiger partial charge < -0.3 is 4.74 Å². The molecule has 0 atom stereocenters. The molecule has 0 saturated carbocycles. The van der Waals surface area contributed by atoms with Crippen LogP contribution in [0.15, 0.2) is 46.9 Å². The first-order valence-corrected chi connectivity index (χ1v) is 7.16. The Labute approximate surface area is 123 Å². The Morgan fingerprint density at radius 3 is 2.16 bits per heavy atom. The van der Waals surface area contributed by atoms with Crippen LogP contribution in [-0.2, 0) is 5.41 Å². The second-order valence-electron chi connectivity index (χ2n) is 5.65. The monoisotopic (exact) mass is 318 g/mol. The topological polar surface area (TPSA) is 9.23 Å². The van der Waals surface area contributed by atoms with Crippen LogP contribution >= 0.6 is 15.9 Å². The Kier molecular flexibility index (Phi) is 4.00. The van der Waals surface area contributed by atoms with Crippen molar-refractivity contribution in [2.24, 2.45) is 0 Å². The molecule has 0 heterocycles. The number of rotatable bonds is 2. The van der Waals surface area contributed by atoms with Crippen molar-refractivity contribution in [3.05, 3.63) is 52.5 Å². The molecular weight excluding hydrogens is 300 g/mol. The lowest BCUT2D eigenvalue weighted by Gasteiger charge is -2.23. The van der Waals surface area contributed by atoms with Crippen LogP contribution in [-0.4, -0.2) is 7.11 Å². The molecule has 0 aromatic heterocycles. The van der Waals surface area contributed by atoms with E-state index in [-0.39, 0.29) is 5.41 Å². The zero-order valence-electron chi connectivity index (χ0n) is 11.8. The van der Waals surface area contributed by atoms with E-state index in [1.54, 1.807) is 7.11 Å². The van der Waals surface area contributed by atoms with E-state index in [9.17, 15) is 0 Å². The molecule has 2 heteroatoms. The van der Waals surface area contributed by atoms with Gasteiger partial charge >= 0.3 is 0 Å². The predicted molar refractivity (Wildman–Crippen MR) is 84.8 cm³/mol. The highest BCUT2D eigenvalue weighted by atomic mass is 79.9. The minimum Gasteiger partial charge on any atom is -0.496 e. The van der Waals surface area contributed by atoms with Gasteiger partial charge in [-0.3, -0.25) is 0 Å². The Morgan fingerprint density at radius 1 is 1.00 bits per heavy atom. The molecule has 100 valence electrons. The summed E-state index contributed by atoms with van der Waals surface area (Å²) in [6, 6.07) is 14.6. The Hall–Kier alpha value is -1.28. The average molecular weight is 319 g/mol. The molecule has 0 aliphatic heterocycles. The van der Waals surface area contributed by atoms with Gasteiger partial charge in [0.2, 0.25) is 0 Å². The molecule has 0 unspecified atom stereocenters. The summed E-state index contributed by atoms with van der Waals surface area (Å²) in [5.74, 6) is 0.939. The van der Waals surface area contributed by atoms with E-state index in [0.717, 1.165) is 15.8 Å². The molecule has 0 saturated heterocycles. The number of halogens is 1. The second kappa shape index (κ2) is 5.38. The van der Waals surface area contributed by atoms with Crippen LogP contribution in [0.5, 0.6) is 5.75 Å². The van der Waals surface area contributed by atoms with Crippen molar-refractivity contribution < 1.29 is 4.74 Å². The fraction of sp³-hybridized carbons (Fsp3) is 0.294. The molecule has 0 radical (unpaired) electrons. The van der Waals surface area contributed by atoms with Gasteiger partial charge in [0, 0.05) is 10.0 Å². The first-order valence-electron chi connectivity index (χ1n) is 6.37. The number of hydrogen-bond donors (Lipinski definition) is 0. The fourth-order valence-electron chi connectivity index (χ4n) is 2.15. The Bertz CT molecular complexity index is 568.